The molecule has 0 radical (unpaired) electrons. The number of nitrogens with zero attached hydrogens (tertiary/aromatic N) is 2. The van der Waals surface area contributed by atoms with E-state index in [0.717, 1.165) is 15.0 Å². The van der Waals surface area contributed by atoms with Gasteiger partial charge in [-0.3, -0.25) is 9.59 Å². The second-order valence-electron chi connectivity index (χ2n) is 4.50. The van der Waals surface area contributed by atoms with Crippen molar-refractivity contribution in [1.29, 1.82) is 0 Å². The molecule has 1 amide bonds. The fourth-order valence-corrected chi connectivity index (χ4v) is 3.58. The number of carboxylic acids is 1. The van der Waals surface area contributed by atoms with Crippen LogP contribution < -0.4 is 5.73 Å². The van der Waals surface area contributed by atoms with E-state index in [1.165, 1.54) is 7.05 Å². The summed E-state index contributed by atoms with van der Waals surface area (Å²) >= 11 is 0. The van der Waals surface area contributed by atoms with E-state index >= 15 is 0 Å². The number of carbonyl (C=O) groups excluding carboxylic acids is 1. The fraction of sp³-hybridized carbons (Fsp3) is 0.800. The Labute approximate surface area is 112 Å². The first-order chi connectivity index (χ1) is 8.76. The molecule has 0 aromatic carbocycles. The molecule has 8 nitrogen and oxygen atoms in total. The molecule has 0 spiro atoms. The van der Waals surface area contributed by atoms with E-state index < -0.39 is 28.1 Å². The molecule has 1 fully saturated rings. The van der Waals surface area contributed by atoms with Crippen molar-refractivity contribution in [3.8, 4) is 0 Å². The number of piperidine rings is 1. The Bertz CT molecular complexity index is 450. The van der Waals surface area contributed by atoms with Crippen LogP contribution in [0, 0.1) is 0 Å². The topological polar surface area (TPSA) is 121 Å². The maximum Gasteiger partial charge on any atom is 0.304 e. The Morgan fingerprint density at radius 1 is 1.42 bits per heavy atom. The van der Waals surface area contributed by atoms with Gasteiger partial charge in [-0.2, -0.15) is 17.0 Å². The highest BCUT2D eigenvalue weighted by atomic mass is 32.2. The zero-order valence-corrected chi connectivity index (χ0v) is 11.6. The monoisotopic (exact) mass is 293 g/mol. The van der Waals surface area contributed by atoms with Gasteiger partial charge in [0.05, 0.1) is 6.42 Å². The third kappa shape index (κ3) is 3.88. The van der Waals surface area contributed by atoms with Crippen molar-refractivity contribution in [3.05, 3.63) is 0 Å². The normalized spacial score (nSPS) is 21.5. The molecule has 9 heteroatoms. The molecule has 1 aliphatic rings. The SMILES string of the molecule is CN(CCC(=O)O)S(=O)(=O)N1CCCCC1C(N)=O. The van der Waals surface area contributed by atoms with Gasteiger partial charge in [-0.15, -0.1) is 0 Å². The van der Waals surface area contributed by atoms with Crippen LogP contribution in [0.15, 0.2) is 0 Å². The number of hydrogen-bond donors (Lipinski definition) is 2. The van der Waals surface area contributed by atoms with E-state index in [-0.39, 0.29) is 19.5 Å². The van der Waals surface area contributed by atoms with E-state index in [1.54, 1.807) is 0 Å². The van der Waals surface area contributed by atoms with Gasteiger partial charge >= 0.3 is 5.97 Å². The van der Waals surface area contributed by atoms with Gasteiger partial charge in [0.1, 0.15) is 6.04 Å². The molecule has 3 N–H and O–H groups in total. The quantitative estimate of drug-likeness (QED) is 0.649. The summed E-state index contributed by atoms with van der Waals surface area (Å²) in [6.07, 6.45) is 1.53. The summed E-state index contributed by atoms with van der Waals surface area (Å²) in [6, 6.07) is -0.842. The molecule has 0 aliphatic carbocycles. The molecule has 1 aliphatic heterocycles. The highest BCUT2D eigenvalue weighted by molar-refractivity contribution is 7.86. The van der Waals surface area contributed by atoms with E-state index in [0.29, 0.717) is 12.8 Å². The minimum absolute atomic E-state index is 0.139. The summed E-state index contributed by atoms with van der Waals surface area (Å²) in [5.41, 5.74) is 5.22. The lowest BCUT2D eigenvalue weighted by molar-refractivity contribution is -0.137. The minimum Gasteiger partial charge on any atom is -0.481 e. The van der Waals surface area contributed by atoms with Crippen molar-refractivity contribution in [2.75, 3.05) is 20.1 Å². The molecular formula is C10H19N3O5S. The summed E-state index contributed by atoms with van der Waals surface area (Å²) in [5, 5.41) is 8.57. The van der Waals surface area contributed by atoms with Crippen LogP contribution in [0.25, 0.3) is 0 Å². The van der Waals surface area contributed by atoms with Crippen LogP contribution in [0.4, 0.5) is 0 Å². The Balaban J connectivity index is 2.84. The van der Waals surface area contributed by atoms with Gasteiger partial charge < -0.3 is 10.8 Å². The van der Waals surface area contributed by atoms with Crippen LogP contribution in [-0.4, -0.2) is 60.2 Å². The number of primary amides is 1. The predicted octanol–water partition coefficient (Wildman–Crippen LogP) is -1.02. The van der Waals surface area contributed by atoms with Gasteiger partial charge in [0.2, 0.25) is 5.91 Å². The van der Waals surface area contributed by atoms with Crippen LogP contribution in [0.5, 0.6) is 0 Å². The highest BCUT2D eigenvalue weighted by Gasteiger charge is 2.37. The Morgan fingerprint density at radius 3 is 2.58 bits per heavy atom. The fourth-order valence-electron chi connectivity index (χ4n) is 2.01. The van der Waals surface area contributed by atoms with E-state index in [2.05, 4.69) is 0 Å². The zero-order chi connectivity index (χ0) is 14.6. The summed E-state index contributed by atoms with van der Waals surface area (Å²) in [4.78, 5) is 21.8. The molecule has 110 valence electrons. The molecular weight excluding hydrogens is 274 g/mol. The average Bonchev–Trinajstić information content (AvgIpc) is 2.35. The van der Waals surface area contributed by atoms with Gasteiger partial charge in [-0.1, -0.05) is 6.42 Å². The number of carbonyl (C=O) groups is 2. The second kappa shape index (κ2) is 6.31. The first-order valence-corrected chi connectivity index (χ1v) is 7.40. The van der Waals surface area contributed by atoms with Crippen molar-refractivity contribution in [2.45, 2.75) is 31.7 Å². The summed E-state index contributed by atoms with van der Waals surface area (Å²) in [5.74, 6) is -1.75. The summed E-state index contributed by atoms with van der Waals surface area (Å²) in [7, 11) is -2.55. The number of amides is 1. The van der Waals surface area contributed by atoms with Crippen molar-refractivity contribution in [1.82, 2.24) is 8.61 Å². The molecule has 1 heterocycles. The van der Waals surface area contributed by atoms with Crippen LogP contribution in [0.1, 0.15) is 25.7 Å². The average molecular weight is 293 g/mol. The first-order valence-electron chi connectivity index (χ1n) is 6.01. The van der Waals surface area contributed by atoms with Crippen LogP contribution in [-0.2, 0) is 19.8 Å². The molecule has 0 saturated carbocycles. The molecule has 0 aromatic rings. The van der Waals surface area contributed by atoms with Crippen LogP contribution in [0.2, 0.25) is 0 Å². The standard InChI is InChI=1S/C10H19N3O5S/c1-12(7-5-9(14)15)19(17,18)13-6-3-2-4-8(13)10(11)16/h8H,2-7H2,1H3,(H2,11,16)(H,14,15). The van der Waals surface area contributed by atoms with Gasteiger partial charge in [0, 0.05) is 20.1 Å². The van der Waals surface area contributed by atoms with E-state index in [9.17, 15) is 18.0 Å². The number of hydrogen-bond acceptors (Lipinski definition) is 4. The lowest BCUT2D eigenvalue weighted by Gasteiger charge is -2.35. The van der Waals surface area contributed by atoms with Gasteiger partial charge in [-0.25, -0.2) is 0 Å². The summed E-state index contributed by atoms with van der Waals surface area (Å²) in [6.45, 7) is 0.0903. The third-order valence-electron chi connectivity index (χ3n) is 3.11. The first kappa shape index (κ1) is 15.9. The van der Waals surface area contributed by atoms with Crippen molar-refractivity contribution in [2.24, 2.45) is 5.73 Å². The molecule has 1 rings (SSSR count). The maximum absolute atomic E-state index is 12.3. The molecule has 1 atom stereocenters. The summed E-state index contributed by atoms with van der Waals surface area (Å²) < 4.78 is 26.5. The molecule has 1 saturated heterocycles. The molecule has 0 aromatic heterocycles. The highest BCUT2D eigenvalue weighted by Crippen LogP contribution is 2.22. The lowest BCUT2D eigenvalue weighted by Crippen LogP contribution is -2.54. The van der Waals surface area contributed by atoms with Gasteiger partial charge in [-0.05, 0) is 12.8 Å². The van der Waals surface area contributed by atoms with Crippen molar-refractivity contribution >= 4 is 22.1 Å². The molecule has 0 bridgehead atoms. The van der Waals surface area contributed by atoms with Crippen LogP contribution in [0.3, 0.4) is 0 Å². The Hall–Kier alpha value is -1.19. The maximum atomic E-state index is 12.3. The Kier molecular flexibility index (Phi) is 5.27. The number of carboxylic acid groups (broad SMARTS) is 1. The predicted molar refractivity (Wildman–Crippen MR) is 67.3 cm³/mol. The second-order valence-corrected chi connectivity index (χ2v) is 6.49. The number of aliphatic carboxylic acids is 1. The van der Waals surface area contributed by atoms with E-state index in [1.807, 2.05) is 0 Å². The number of nitrogens with two attached hydrogens (primary N) is 1. The Morgan fingerprint density at radius 2 is 2.05 bits per heavy atom. The number of rotatable bonds is 6. The largest absolute Gasteiger partial charge is 0.481 e. The van der Waals surface area contributed by atoms with Crippen molar-refractivity contribution in [3.63, 3.8) is 0 Å². The zero-order valence-electron chi connectivity index (χ0n) is 10.8. The smallest absolute Gasteiger partial charge is 0.304 e. The van der Waals surface area contributed by atoms with Gasteiger partial charge in [0.15, 0.2) is 0 Å². The third-order valence-corrected chi connectivity index (χ3v) is 5.11. The molecule has 19 heavy (non-hydrogen) atoms. The minimum atomic E-state index is -3.85. The molecule has 1 unspecified atom stereocenters. The van der Waals surface area contributed by atoms with E-state index in [4.69, 9.17) is 10.8 Å². The lowest BCUT2D eigenvalue weighted by atomic mass is 10.0. The van der Waals surface area contributed by atoms with Gasteiger partial charge in [0.25, 0.3) is 10.2 Å². The van der Waals surface area contributed by atoms with Crippen molar-refractivity contribution < 1.29 is 23.1 Å². The van der Waals surface area contributed by atoms with Crippen LogP contribution >= 0.6 is 0 Å².